The molecule has 1 N–H and O–H groups in total. The van der Waals surface area contributed by atoms with E-state index in [1.54, 1.807) is 12.1 Å². The van der Waals surface area contributed by atoms with E-state index in [2.05, 4.69) is 32.8 Å². The minimum atomic E-state index is -3.49. The van der Waals surface area contributed by atoms with Gasteiger partial charge in [-0.3, -0.25) is 0 Å². The summed E-state index contributed by atoms with van der Waals surface area (Å²) < 4.78 is 29.1. The van der Waals surface area contributed by atoms with Gasteiger partial charge in [0, 0.05) is 15.9 Å². The Balaban J connectivity index is 1.82. The Morgan fingerprint density at radius 1 is 1.04 bits per heavy atom. The van der Waals surface area contributed by atoms with Crippen LogP contribution >= 0.6 is 15.9 Å². The van der Waals surface area contributed by atoms with E-state index in [9.17, 15) is 8.42 Å². The minimum absolute atomic E-state index is 0.0849. The van der Waals surface area contributed by atoms with Gasteiger partial charge < -0.3 is 0 Å². The minimum Gasteiger partial charge on any atom is -0.207 e. The van der Waals surface area contributed by atoms with Crippen molar-refractivity contribution < 1.29 is 8.42 Å². The molecule has 1 aliphatic rings. The molecule has 0 amide bonds. The maximum Gasteiger partial charge on any atom is 0.240 e. The van der Waals surface area contributed by atoms with Crippen molar-refractivity contribution in [2.75, 3.05) is 0 Å². The van der Waals surface area contributed by atoms with Crippen molar-refractivity contribution >= 4 is 26.0 Å². The summed E-state index contributed by atoms with van der Waals surface area (Å²) in [5, 5.41) is 0. The first-order valence-corrected chi connectivity index (χ1v) is 9.96. The average Bonchev–Trinajstić information content (AvgIpc) is 3.30. The van der Waals surface area contributed by atoms with Crippen LogP contribution in [0.5, 0.6) is 0 Å². The molecule has 3 nitrogen and oxygen atoms in total. The average molecular weight is 394 g/mol. The lowest BCUT2D eigenvalue weighted by Crippen LogP contribution is -2.41. The van der Waals surface area contributed by atoms with Crippen LogP contribution in [-0.2, 0) is 15.4 Å². The van der Waals surface area contributed by atoms with Crippen molar-refractivity contribution in [2.24, 2.45) is 0 Å². The van der Waals surface area contributed by atoms with Crippen molar-refractivity contribution in [3.05, 3.63) is 64.1 Å². The molecule has 5 heteroatoms. The Morgan fingerprint density at radius 2 is 1.61 bits per heavy atom. The lowest BCUT2D eigenvalue weighted by molar-refractivity contribution is 0.494. The summed E-state index contributed by atoms with van der Waals surface area (Å²) in [5.74, 6) is 0. The molecule has 2 aromatic rings. The molecule has 122 valence electrons. The quantitative estimate of drug-likeness (QED) is 0.828. The second-order valence-electron chi connectivity index (χ2n) is 6.32. The number of sulfonamides is 1. The highest BCUT2D eigenvalue weighted by Crippen LogP contribution is 2.51. The van der Waals surface area contributed by atoms with Crippen LogP contribution < -0.4 is 4.72 Å². The van der Waals surface area contributed by atoms with Crippen molar-refractivity contribution in [1.29, 1.82) is 0 Å². The summed E-state index contributed by atoms with van der Waals surface area (Å²) in [4.78, 5) is 0.321. The van der Waals surface area contributed by atoms with E-state index < -0.39 is 10.0 Å². The molecule has 1 atom stereocenters. The third-order valence-corrected chi connectivity index (χ3v) is 6.79. The first-order chi connectivity index (χ1) is 10.8. The molecule has 0 bridgehead atoms. The maximum absolute atomic E-state index is 12.6. The summed E-state index contributed by atoms with van der Waals surface area (Å²) in [6.45, 7) is 3.90. The van der Waals surface area contributed by atoms with Crippen LogP contribution in [0, 0.1) is 6.92 Å². The number of halogens is 1. The van der Waals surface area contributed by atoms with Gasteiger partial charge in [-0.2, -0.15) is 0 Å². The van der Waals surface area contributed by atoms with E-state index in [0.717, 1.165) is 22.9 Å². The van der Waals surface area contributed by atoms with E-state index in [1.807, 2.05) is 38.1 Å². The van der Waals surface area contributed by atoms with Gasteiger partial charge in [0.25, 0.3) is 0 Å². The van der Waals surface area contributed by atoms with Gasteiger partial charge in [-0.15, -0.1) is 0 Å². The molecule has 23 heavy (non-hydrogen) atoms. The highest BCUT2D eigenvalue weighted by molar-refractivity contribution is 9.10. The zero-order valence-corrected chi connectivity index (χ0v) is 15.6. The molecule has 0 aliphatic heterocycles. The zero-order valence-electron chi connectivity index (χ0n) is 13.2. The predicted molar refractivity (Wildman–Crippen MR) is 96.0 cm³/mol. The van der Waals surface area contributed by atoms with E-state index in [0.29, 0.717) is 4.90 Å². The lowest BCUT2D eigenvalue weighted by Gasteiger charge is -2.25. The summed E-state index contributed by atoms with van der Waals surface area (Å²) in [5.41, 5.74) is 2.16. The van der Waals surface area contributed by atoms with Crippen molar-refractivity contribution in [3.63, 3.8) is 0 Å². The Hall–Kier alpha value is -1.17. The van der Waals surface area contributed by atoms with E-state index in [4.69, 9.17) is 0 Å². The molecule has 0 spiro atoms. The third kappa shape index (κ3) is 3.37. The molecular formula is C18H20BrNO2S. The smallest absolute Gasteiger partial charge is 0.207 e. The molecule has 3 rings (SSSR count). The van der Waals surface area contributed by atoms with Crippen LogP contribution in [0.2, 0.25) is 0 Å². The summed E-state index contributed by atoms with van der Waals surface area (Å²) >= 11 is 3.44. The van der Waals surface area contributed by atoms with Gasteiger partial charge >= 0.3 is 0 Å². The van der Waals surface area contributed by atoms with Gasteiger partial charge in [-0.25, -0.2) is 13.1 Å². The largest absolute Gasteiger partial charge is 0.240 e. The molecule has 1 unspecified atom stereocenters. The first-order valence-electron chi connectivity index (χ1n) is 7.69. The monoisotopic (exact) mass is 393 g/mol. The van der Waals surface area contributed by atoms with Gasteiger partial charge in [0.1, 0.15) is 0 Å². The first kappa shape index (κ1) is 16.7. The molecular weight excluding hydrogens is 374 g/mol. The molecule has 0 heterocycles. The fraction of sp³-hybridized carbons (Fsp3) is 0.333. The second kappa shape index (κ2) is 6.04. The van der Waals surface area contributed by atoms with Gasteiger partial charge in [0.05, 0.1) is 4.90 Å². The van der Waals surface area contributed by atoms with Crippen LogP contribution in [0.4, 0.5) is 0 Å². The normalized spacial score (nSPS) is 17.7. The number of aryl methyl sites for hydroxylation is 1. The highest BCUT2D eigenvalue weighted by Gasteiger charge is 2.49. The fourth-order valence-electron chi connectivity index (χ4n) is 3.02. The SMILES string of the molecule is Cc1ccc(S(=O)(=O)NC(C)C2(c3ccc(Br)cc3)CC2)cc1. The van der Waals surface area contributed by atoms with Crippen molar-refractivity contribution in [2.45, 2.75) is 43.0 Å². The standard InChI is InChI=1S/C18H20BrNO2S/c1-13-3-9-17(10-4-13)23(21,22)20-14(2)18(11-12-18)15-5-7-16(19)8-6-15/h3-10,14,20H,11-12H2,1-2H3. The van der Waals surface area contributed by atoms with Crippen LogP contribution in [0.3, 0.4) is 0 Å². The summed E-state index contributed by atoms with van der Waals surface area (Å²) in [6, 6.07) is 15.0. The second-order valence-corrected chi connectivity index (χ2v) is 8.95. The van der Waals surface area contributed by atoms with Crippen molar-refractivity contribution in [1.82, 2.24) is 4.72 Å². The summed E-state index contributed by atoms with van der Waals surface area (Å²) in [6.07, 6.45) is 2.01. The lowest BCUT2D eigenvalue weighted by atomic mass is 9.90. The molecule has 2 aromatic carbocycles. The summed E-state index contributed by atoms with van der Waals surface area (Å²) in [7, 11) is -3.49. The Morgan fingerprint density at radius 3 is 2.13 bits per heavy atom. The van der Waals surface area contributed by atoms with Crippen LogP contribution in [0.15, 0.2) is 57.9 Å². The third-order valence-electron chi connectivity index (χ3n) is 4.70. The number of hydrogen-bond donors (Lipinski definition) is 1. The Labute approximate surface area is 146 Å². The van der Waals surface area contributed by atoms with Crippen molar-refractivity contribution in [3.8, 4) is 0 Å². The Bertz CT molecular complexity index is 794. The zero-order chi connectivity index (χ0) is 16.7. The molecule has 1 saturated carbocycles. The van der Waals surface area contributed by atoms with Crippen LogP contribution in [0.25, 0.3) is 0 Å². The molecule has 1 fully saturated rings. The number of rotatable bonds is 5. The maximum atomic E-state index is 12.6. The predicted octanol–water partition coefficient (Wildman–Crippen LogP) is 4.16. The Kier molecular flexibility index (Phi) is 4.38. The molecule has 0 radical (unpaired) electrons. The van der Waals surface area contributed by atoms with Crippen LogP contribution in [0.1, 0.15) is 30.9 Å². The van der Waals surface area contributed by atoms with E-state index in [-0.39, 0.29) is 11.5 Å². The topological polar surface area (TPSA) is 46.2 Å². The van der Waals surface area contributed by atoms with Gasteiger partial charge in [0.2, 0.25) is 10.0 Å². The van der Waals surface area contributed by atoms with Gasteiger partial charge in [-0.05, 0) is 56.5 Å². The van der Waals surface area contributed by atoms with Crippen LogP contribution in [-0.4, -0.2) is 14.5 Å². The number of benzene rings is 2. The molecule has 1 aliphatic carbocycles. The van der Waals surface area contributed by atoms with Gasteiger partial charge in [-0.1, -0.05) is 45.8 Å². The van der Waals surface area contributed by atoms with Gasteiger partial charge in [0.15, 0.2) is 0 Å². The fourth-order valence-corrected chi connectivity index (χ4v) is 4.61. The molecule has 0 aromatic heterocycles. The highest BCUT2D eigenvalue weighted by atomic mass is 79.9. The number of nitrogens with one attached hydrogen (secondary N) is 1. The van der Waals surface area contributed by atoms with E-state index >= 15 is 0 Å². The molecule has 0 saturated heterocycles. The van der Waals surface area contributed by atoms with E-state index in [1.165, 1.54) is 5.56 Å². The number of hydrogen-bond acceptors (Lipinski definition) is 2.